The molecule has 1 heterocycles. The van der Waals surface area contributed by atoms with Crippen molar-refractivity contribution < 1.29 is 14.4 Å². The average molecular weight is 492 g/mol. The van der Waals surface area contributed by atoms with Crippen LogP contribution in [0, 0.1) is 6.92 Å². The zero-order valence-corrected chi connectivity index (χ0v) is 18.7. The predicted octanol–water partition coefficient (Wildman–Crippen LogP) is 4.21. The topological polar surface area (TPSA) is 92.2 Å². The molecule has 3 aromatic rings. The Hall–Kier alpha value is -2.84. The van der Waals surface area contributed by atoms with Gasteiger partial charge in [-0.15, -0.1) is 0 Å². The summed E-state index contributed by atoms with van der Waals surface area (Å²) in [6.07, 6.45) is 0.699. The third-order valence-corrected chi connectivity index (χ3v) is 5.49. The standard InChI is InChI=1S/C21H20BrClN4O3/c1-3-8-24-20(29)21(30)26-27-17-7-4-14(23)10-13(17)11-18(27)19(28)25-15-5-6-16(22)12(2)9-15/h4-7,9-11H,3,8H2,1-2H3,(H,24,29)(H,25,28)(H,26,30). The Labute approximate surface area is 186 Å². The van der Waals surface area contributed by atoms with Gasteiger partial charge in [-0.3, -0.25) is 19.8 Å². The lowest BCUT2D eigenvalue weighted by Crippen LogP contribution is -2.40. The van der Waals surface area contributed by atoms with Crippen LogP contribution in [0.4, 0.5) is 5.69 Å². The SMILES string of the molecule is CCCNC(=O)C(=O)Nn1c(C(=O)Nc2ccc(Br)c(C)c2)cc2cc(Cl)ccc21. The minimum Gasteiger partial charge on any atom is -0.348 e. The number of benzene rings is 2. The molecule has 9 heteroatoms. The van der Waals surface area contributed by atoms with Crippen molar-refractivity contribution in [1.82, 2.24) is 9.99 Å². The van der Waals surface area contributed by atoms with Crippen LogP contribution in [0.25, 0.3) is 10.9 Å². The van der Waals surface area contributed by atoms with E-state index in [0.717, 1.165) is 10.0 Å². The summed E-state index contributed by atoms with van der Waals surface area (Å²) in [6, 6.07) is 12.0. The molecule has 30 heavy (non-hydrogen) atoms. The van der Waals surface area contributed by atoms with Crippen molar-refractivity contribution >= 4 is 61.8 Å². The number of aromatic nitrogens is 1. The third kappa shape index (κ3) is 4.83. The summed E-state index contributed by atoms with van der Waals surface area (Å²) < 4.78 is 2.22. The summed E-state index contributed by atoms with van der Waals surface area (Å²) in [5, 5.41) is 6.46. The molecular formula is C21H20BrClN4O3. The van der Waals surface area contributed by atoms with Gasteiger partial charge in [0.25, 0.3) is 5.91 Å². The minimum absolute atomic E-state index is 0.157. The molecule has 0 aliphatic heterocycles. The van der Waals surface area contributed by atoms with E-state index in [-0.39, 0.29) is 5.69 Å². The Morgan fingerprint density at radius 3 is 2.53 bits per heavy atom. The molecular weight excluding hydrogens is 472 g/mol. The van der Waals surface area contributed by atoms with E-state index in [0.29, 0.717) is 34.6 Å². The Morgan fingerprint density at radius 2 is 1.83 bits per heavy atom. The molecule has 0 fully saturated rings. The molecule has 0 radical (unpaired) electrons. The zero-order valence-electron chi connectivity index (χ0n) is 16.4. The van der Waals surface area contributed by atoms with E-state index in [4.69, 9.17) is 11.6 Å². The zero-order chi connectivity index (χ0) is 21.8. The lowest BCUT2D eigenvalue weighted by Gasteiger charge is -2.13. The van der Waals surface area contributed by atoms with Gasteiger partial charge in [-0.1, -0.05) is 34.5 Å². The van der Waals surface area contributed by atoms with Crippen LogP contribution in [0.1, 0.15) is 29.4 Å². The van der Waals surface area contributed by atoms with E-state index in [1.54, 1.807) is 30.3 Å². The van der Waals surface area contributed by atoms with Gasteiger partial charge >= 0.3 is 11.8 Å². The number of anilines is 1. The minimum atomic E-state index is -0.871. The van der Waals surface area contributed by atoms with Crippen molar-refractivity contribution in [2.45, 2.75) is 20.3 Å². The fourth-order valence-electron chi connectivity index (χ4n) is 2.86. The third-order valence-electron chi connectivity index (χ3n) is 4.37. The highest BCUT2D eigenvalue weighted by molar-refractivity contribution is 9.10. The molecule has 3 amide bonds. The van der Waals surface area contributed by atoms with Gasteiger partial charge in [0, 0.05) is 27.1 Å². The summed E-state index contributed by atoms with van der Waals surface area (Å²) in [4.78, 5) is 37.3. The second kappa shape index (κ2) is 9.32. The molecule has 0 spiro atoms. The van der Waals surface area contributed by atoms with Crippen LogP contribution in [0.2, 0.25) is 5.02 Å². The summed E-state index contributed by atoms with van der Waals surface area (Å²) in [6.45, 7) is 4.17. The molecule has 0 unspecified atom stereocenters. The second-order valence-electron chi connectivity index (χ2n) is 6.68. The number of halogens is 2. The first-order chi connectivity index (χ1) is 14.3. The van der Waals surface area contributed by atoms with Crippen molar-refractivity contribution in [3.8, 4) is 0 Å². The number of nitrogens with zero attached hydrogens (tertiary/aromatic N) is 1. The van der Waals surface area contributed by atoms with Gasteiger partial charge in [0.15, 0.2) is 0 Å². The first-order valence-electron chi connectivity index (χ1n) is 9.28. The van der Waals surface area contributed by atoms with Gasteiger partial charge in [-0.2, -0.15) is 0 Å². The van der Waals surface area contributed by atoms with Crippen LogP contribution in [0.15, 0.2) is 46.9 Å². The summed E-state index contributed by atoms with van der Waals surface area (Å²) in [7, 11) is 0. The van der Waals surface area contributed by atoms with Gasteiger partial charge in [-0.25, -0.2) is 4.68 Å². The van der Waals surface area contributed by atoms with Crippen molar-refractivity contribution in [3.63, 3.8) is 0 Å². The predicted molar refractivity (Wildman–Crippen MR) is 121 cm³/mol. The molecule has 1 aromatic heterocycles. The second-order valence-corrected chi connectivity index (χ2v) is 7.97. The molecule has 0 saturated heterocycles. The molecule has 2 aromatic carbocycles. The highest BCUT2D eigenvalue weighted by atomic mass is 79.9. The number of fused-ring (bicyclic) bond motifs is 1. The molecule has 7 nitrogen and oxygen atoms in total. The number of aryl methyl sites for hydroxylation is 1. The van der Waals surface area contributed by atoms with Gasteiger partial charge < -0.3 is 10.6 Å². The summed E-state index contributed by atoms with van der Waals surface area (Å²) in [5.74, 6) is -2.09. The van der Waals surface area contributed by atoms with Gasteiger partial charge in [-0.05, 0) is 61.4 Å². The lowest BCUT2D eigenvalue weighted by molar-refractivity contribution is -0.136. The number of hydrogen-bond donors (Lipinski definition) is 3. The van der Waals surface area contributed by atoms with Gasteiger partial charge in [0.05, 0.1) is 5.52 Å². The van der Waals surface area contributed by atoms with Crippen LogP contribution in [0.5, 0.6) is 0 Å². The normalized spacial score (nSPS) is 10.7. The molecule has 3 rings (SSSR count). The summed E-state index contributed by atoms with van der Waals surface area (Å²) in [5.41, 5.74) is 4.75. The smallest absolute Gasteiger partial charge is 0.328 e. The van der Waals surface area contributed by atoms with Crippen LogP contribution in [-0.4, -0.2) is 28.9 Å². The van der Waals surface area contributed by atoms with Crippen molar-refractivity contribution in [1.29, 1.82) is 0 Å². The maximum atomic E-state index is 13.0. The highest BCUT2D eigenvalue weighted by Gasteiger charge is 2.21. The van der Waals surface area contributed by atoms with Crippen molar-refractivity contribution in [2.24, 2.45) is 0 Å². The van der Waals surface area contributed by atoms with Crippen LogP contribution < -0.4 is 16.1 Å². The van der Waals surface area contributed by atoms with Crippen molar-refractivity contribution in [2.75, 3.05) is 17.3 Å². The Morgan fingerprint density at radius 1 is 1.07 bits per heavy atom. The van der Waals surface area contributed by atoms with Crippen molar-refractivity contribution in [3.05, 3.63) is 63.2 Å². The van der Waals surface area contributed by atoms with Crippen LogP contribution in [0.3, 0.4) is 0 Å². The number of amides is 3. The average Bonchev–Trinajstić information content (AvgIpc) is 3.06. The van der Waals surface area contributed by atoms with E-state index < -0.39 is 17.7 Å². The largest absolute Gasteiger partial charge is 0.348 e. The van der Waals surface area contributed by atoms with Crippen LogP contribution in [-0.2, 0) is 9.59 Å². The fraction of sp³-hybridized carbons (Fsp3) is 0.190. The monoisotopic (exact) mass is 490 g/mol. The van der Waals surface area contributed by atoms with E-state index in [9.17, 15) is 14.4 Å². The number of nitrogens with one attached hydrogen (secondary N) is 3. The number of carbonyl (C=O) groups is 3. The van der Waals surface area contributed by atoms with E-state index >= 15 is 0 Å². The summed E-state index contributed by atoms with van der Waals surface area (Å²) >= 11 is 9.50. The molecule has 3 N–H and O–H groups in total. The molecule has 0 aliphatic rings. The Kier molecular flexibility index (Phi) is 6.79. The molecule has 0 aliphatic carbocycles. The fourth-order valence-corrected chi connectivity index (χ4v) is 3.29. The maximum Gasteiger partial charge on any atom is 0.328 e. The number of hydrogen-bond acceptors (Lipinski definition) is 3. The number of rotatable bonds is 5. The van der Waals surface area contributed by atoms with Crippen LogP contribution >= 0.6 is 27.5 Å². The first kappa shape index (κ1) is 21.9. The molecule has 0 saturated carbocycles. The Balaban J connectivity index is 1.95. The molecule has 0 atom stereocenters. The Bertz CT molecular complexity index is 1140. The first-order valence-corrected chi connectivity index (χ1v) is 10.4. The lowest BCUT2D eigenvalue weighted by atomic mass is 10.2. The van der Waals surface area contributed by atoms with E-state index in [1.165, 1.54) is 4.68 Å². The van der Waals surface area contributed by atoms with Gasteiger partial charge in [0.1, 0.15) is 5.69 Å². The van der Waals surface area contributed by atoms with E-state index in [2.05, 4.69) is 32.0 Å². The molecule has 0 bridgehead atoms. The maximum absolute atomic E-state index is 13.0. The quantitative estimate of drug-likeness (QED) is 0.467. The molecule has 156 valence electrons. The number of carbonyl (C=O) groups excluding carboxylic acids is 3. The van der Waals surface area contributed by atoms with E-state index in [1.807, 2.05) is 26.0 Å². The van der Waals surface area contributed by atoms with Gasteiger partial charge in [0.2, 0.25) is 0 Å². The highest BCUT2D eigenvalue weighted by Crippen LogP contribution is 2.24.